The van der Waals surface area contributed by atoms with Crippen molar-refractivity contribution in [2.75, 3.05) is 0 Å². The number of amides is 2. The van der Waals surface area contributed by atoms with Gasteiger partial charge in [0.1, 0.15) is 11.9 Å². The normalized spacial score (nSPS) is 11.5. The van der Waals surface area contributed by atoms with Gasteiger partial charge in [0, 0.05) is 19.5 Å². The van der Waals surface area contributed by atoms with Crippen molar-refractivity contribution in [3.63, 3.8) is 0 Å². The molecule has 188 valence electrons. The second-order valence-electron chi connectivity index (χ2n) is 9.15. The number of nitrogens with zero attached hydrogens (tertiary/aromatic N) is 1. The zero-order chi connectivity index (χ0) is 26.0. The van der Waals surface area contributed by atoms with Crippen molar-refractivity contribution >= 4 is 11.8 Å². The first kappa shape index (κ1) is 25.8. The number of aryl methyl sites for hydroxylation is 2. The fourth-order valence-electron chi connectivity index (χ4n) is 4.25. The molecule has 0 saturated carbocycles. The van der Waals surface area contributed by atoms with Crippen LogP contribution in [0.25, 0.3) is 0 Å². The molecule has 0 fully saturated rings. The van der Waals surface area contributed by atoms with E-state index in [0.717, 1.165) is 27.8 Å². The van der Waals surface area contributed by atoms with E-state index in [2.05, 4.69) is 5.32 Å². The first-order chi connectivity index (χ1) is 18.0. The fourth-order valence-corrected chi connectivity index (χ4v) is 4.25. The highest BCUT2D eigenvalue weighted by atomic mass is 19.1. The number of nitrogens with one attached hydrogen (secondary N) is 1. The molecule has 4 aromatic rings. The molecule has 0 aliphatic carbocycles. The summed E-state index contributed by atoms with van der Waals surface area (Å²) in [5, 5.41) is 3.03. The van der Waals surface area contributed by atoms with Crippen molar-refractivity contribution in [2.45, 2.75) is 38.9 Å². The summed E-state index contributed by atoms with van der Waals surface area (Å²) in [5.74, 6) is -0.754. The van der Waals surface area contributed by atoms with Gasteiger partial charge in [0.15, 0.2) is 0 Å². The number of rotatable bonds is 10. The smallest absolute Gasteiger partial charge is 0.247 e. The summed E-state index contributed by atoms with van der Waals surface area (Å²) in [6.45, 7) is 2.55. The van der Waals surface area contributed by atoms with Gasteiger partial charge in [0.25, 0.3) is 0 Å². The Kier molecular flexibility index (Phi) is 8.82. The van der Waals surface area contributed by atoms with Gasteiger partial charge in [-0.15, -0.1) is 0 Å². The van der Waals surface area contributed by atoms with E-state index in [9.17, 15) is 14.0 Å². The van der Waals surface area contributed by atoms with Gasteiger partial charge in [-0.2, -0.15) is 0 Å². The third-order valence-corrected chi connectivity index (χ3v) is 6.32. The topological polar surface area (TPSA) is 49.4 Å². The molecule has 4 rings (SSSR count). The van der Waals surface area contributed by atoms with Crippen LogP contribution in [0.15, 0.2) is 109 Å². The second-order valence-corrected chi connectivity index (χ2v) is 9.15. The van der Waals surface area contributed by atoms with Gasteiger partial charge in [0.2, 0.25) is 11.8 Å². The van der Waals surface area contributed by atoms with Gasteiger partial charge in [-0.1, -0.05) is 103 Å². The van der Waals surface area contributed by atoms with Crippen LogP contribution >= 0.6 is 0 Å². The van der Waals surface area contributed by atoms with E-state index < -0.39 is 6.04 Å². The zero-order valence-electron chi connectivity index (χ0n) is 20.9. The molecule has 0 aliphatic heterocycles. The summed E-state index contributed by atoms with van der Waals surface area (Å²) < 4.78 is 13.6. The lowest BCUT2D eigenvalue weighted by Gasteiger charge is -2.32. The third kappa shape index (κ3) is 7.37. The van der Waals surface area contributed by atoms with Gasteiger partial charge in [0.05, 0.1) is 0 Å². The molecule has 0 heterocycles. The van der Waals surface area contributed by atoms with E-state index >= 15 is 0 Å². The Hall–Kier alpha value is -4.25. The molecule has 0 unspecified atom stereocenters. The average Bonchev–Trinajstić information content (AvgIpc) is 2.93. The maximum absolute atomic E-state index is 13.7. The highest BCUT2D eigenvalue weighted by molar-refractivity contribution is 5.88. The maximum Gasteiger partial charge on any atom is 0.247 e. The van der Waals surface area contributed by atoms with E-state index in [1.807, 2.05) is 91.9 Å². The highest BCUT2D eigenvalue weighted by Gasteiger charge is 2.31. The highest BCUT2D eigenvalue weighted by Crippen LogP contribution is 2.25. The summed E-state index contributed by atoms with van der Waals surface area (Å²) in [7, 11) is 0. The van der Waals surface area contributed by atoms with Crippen LogP contribution in [0.1, 0.15) is 40.3 Å². The second kappa shape index (κ2) is 12.6. The average molecular weight is 495 g/mol. The lowest BCUT2D eigenvalue weighted by Crippen LogP contribution is -2.43. The van der Waals surface area contributed by atoms with Crippen LogP contribution in [0.5, 0.6) is 0 Å². The third-order valence-electron chi connectivity index (χ3n) is 6.32. The minimum absolute atomic E-state index is 0.146. The molecule has 37 heavy (non-hydrogen) atoms. The standard InChI is InChI=1S/C32H31FN2O2/c1-24-12-14-26(15-13-24)22-34-32(37)31(28-10-6-3-7-11-28)35(23-27-16-19-29(33)20-17-27)30(36)21-18-25-8-4-2-5-9-25/h2-17,19-20,31H,18,21-23H2,1H3,(H,34,37)/t31-/m1/s1. The lowest BCUT2D eigenvalue weighted by molar-refractivity contribution is -0.141. The first-order valence-corrected chi connectivity index (χ1v) is 12.5. The lowest BCUT2D eigenvalue weighted by atomic mass is 10.0. The summed E-state index contributed by atoms with van der Waals surface area (Å²) in [6.07, 6.45) is 0.811. The number of hydrogen-bond acceptors (Lipinski definition) is 2. The monoisotopic (exact) mass is 494 g/mol. The van der Waals surface area contributed by atoms with Gasteiger partial charge in [-0.05, 0) is 47.7 Å². The number of hydrogen-bond donors (Lipinski definition) is 1. The van der Waals surface area contributed by atoms with Crippen LogP contribution < -0.4 is 5.32 Å². The Morgan fingerprint density at radius 3 is 2.00 bits per heavy atom. The fraction of sp³-hybridized carbons (Fsp3) is 0.188. The molecule has 0 aromatic heterocycles. The van der Waals surface area contributed by atoms with Crippen LogP contribution in [-0.2, 0) is 29.1 Å². The van der Waals surface area contributed by atoms with Crippen LogP contribution in [-0.4, -0.2) is 16.7 Å². The van der Waals surface area contributed by atoms with E-state index in [0.29, 0.717) is 13.0 Å². The molecule has 0 saturated heterocycles. The van der Waals surface area contributed by atoms with Crippen LogP contribution in [0.2, 0.25) is 0 Å². The van der Waals surface area contributed by atoms with E-state index in [1.54, 1.807) is 17.0 Å². The Balaban J connectivity index is 1.62. The Morgan fingerprint density at radius 2 is 1.35 bits per heavy atom. The minimum Gasteiger partial charge on any atom is -0.350 e. The molecular formula is C32H31FN2O2. The summed E-state index contributed by atoms with van der Waals surface area (Å²) in [4.78, 5) is 29.0. The van der Waals surface area contributed by atoms with Crippen molar-refractivity contribution in [3.05, 3.63) is 143 Å². The van der Waals surface area contributed by atoms with Gasteiger partial charge < -0.3 is 10.2 Å². The predicted octanol–water partition coefficient (Wildman–Crippen LogP) is 6.15. The number of carbonyl (C=O) groups is 2. The van der Waals surface area contributed by atoms with Gasteiger partial charge in [-0.25, -0.2) is 4.39 Å². The van der Waals surface area contributed by atoms with Crippen LogP contribution in [0.3, 0.4) is 0 Å². The number of carbonyl (C=O) groups excluding carboxylic acids is 2. The summed E-state index contributed by atoms with van der Waals surface area (Å²) >= 11 is 0. The van der Waals surface area contributed by atoms with Gasteiger partial charge in [-0.3, -0.25) is 9.59 Å². The van der Waals surface area contributed by atoms with E-state index in [-0.39, 0.29) is 30.6 Å². The minimum atomic E-state index is -0.833. The van der Waals surface area contributed by atoms with Crippen molar-refractivity contribution in [3.8, 4) is 0 Å². The van der Waals surface area contributed by atoms with Crippen molar-refractivity contribution in [2.24, 2.45) is 0 Å². The quantitative estimate of drug-likeness (QED) is 0.287. The molecule has 5 heteroatoms. The molecule has 0 aliphatic rings. The van der Waals surface area contributed by atoms with Crippen molar-refractivity contribution in [1.29, 1.82) is 0 Å². The summed E-state index contributed by atoms with van der Waals surface area (Å²) in [5.41, 5.74) is 4.65. The largest absolute Gasteiger partial charge is 0.350 e. The number of benzene rings is 4. The molecule has 4 nitrogen and oxygen atoms in total. The molecule has 1 N–H and O–H groups in total. The molecule has 0 spiro atoms. The van der Waals surface area contributed by atoms with E-state index in [4.69, 9.17) is 0 Å². The molecule has 0 radical (unpaired) electrons. The summed E-state index contributed by atoms with van der Waals surface area (Å²) in [6, 6.07) is 32.3. The maximum atomic E-state index is 13.7. The Morgan fingerprint density at radius 1 is 0.757 bits per heavy atom. The predicted molar refractivity (Wildman–Crippen MR) is 144 cm³/mol. The van der Waals surface area contributed by atoms with Gasteiger partial charge >= 0.3 is 0 Å². The van der Waals surface area contributed by atoms with Crippen molar-refractivity contribution < 1.29 is 14.0 Å². The van der Waals surface area contributed by atoms with E-state index in [1.165, 1.54) is 12.1 Å². The zero-order valence-corrected chi connectivity index (χ0v) is 20.9. The molecule has 4 aromatic carbocycles. The van der Waals surface area contributed by atoms with Crippen LogP contribution in [0, 0.1) is 12.7 Å². The molecule has 0 bridgehead atoms. The van der Waals surface area contributed by atoms with Crippen molar-refractivity contribution in [1.82, 2.24) is 10.2 Å². The Labute approximate surface area is 217 Å². The molecular weight excluding hydrogens is 463 g/mol. The SMILES string of the molecule is Cc1ccc(CNC(=O)[C@@H](c2ccccc2)N(Cc2ccc(F)cc2)C(=O)CCc2ccccc2)cc1. The van der Waals surface area contributed by atoms with Crippen LogP contribution in [0.4, 0.5) is 4.39 Å². The molecule has 1 atom stereocenters. The number of halogens is 1. The first-order valence-electron chi connectivity index (χ1n) is 12.5. The Bertz CT molecular complexity index is 1290. The molecule has 2 amide bonds.